The second kappa shape index (κ2) is 6.45. The summed E-state index contributed by atoms with van der Waals surface area (Å²) in [6.45, 7) is 6.49. The Hall–Kier alpha value is -1.71. The van der Waals surface area contributed by atoms with Crippen LogP contribution in [0.2, 0.25) is 0 Å². The van der Waals surface area contributed by atoms with Crippen LogP contribution in [0, 0.1) is 6.92 Å². The van der Waals surface area contributed by atoms with Gasteiger partial charge in [0.1, 0.15) is 0 Å². The lowest BCUT2D eigenvalue weighted by atomic mass is 9.94. The van der Waals surface area contributed by atoms with E-state index in [1.807, 2.05) is 17.7 Å². The fourth-order valence-corrected chi connectivity index (χ4v) is 2.51. The summed E-state index contributed by atoms with van der Waals surface area (Å²) in [6.07, 6.45) is 8.27. The summed E-state index contributed by atoms with van der Waals surface area (Å²) in [5.41, 5.74) is 2.27. The highest BCUT2D eigenvalue weighted by atomic mass is 15.4. The molecule has 0 aromatic carbocycles. The van der Waals surface area contributed by atoms with Gasteiger partial charge in [-0.05, 0) is 31.9 Å². The Balaban J connectivity index is 2.39. The number of aryl methyl sites for hydroxylation is 1. The molecule has 19 heavy (non-hydrogen) atoms. The second-order valence-corrected chi connectivity index (χ2v) is 4.95. The SMILES string of the molecule is CCCC(CCC)c1cc(C)nn1-c1ncccn1. The molecule has 0 aliphatic carbocycles. The average molecular weight is 258 g/mol. The van der Waals surface area contributed by atoms with Crippen molar-refractivity contribution in [3.63, 3.8) is 0 Å². The molecule has 0 fully saturated rings. The zero-order valence-corrected chi connectivity index (χ0v) is 12.0. The van der Waals surface area contributed by atoms with E-state index in [9.17, 15) is 0 Å². The minimum Gasteiger partial charge on any atom is -0.220 e. The molecule has 102 valence electrons. The first-order valence-electron chi connectivity index (χ1n) is 7.10. The summed E-state index contributed by atoms with van der Waals surface area (Å²) < 4.78 is 1.91. The Morgan fingerprint density at radius 2 is 1.74 bits per heavy atom. The molecule has 2 aromatic rings. The van der Waals surface area contributed by atoms with Crippen LogP contribution in [0.15, 0.2) is 24.5 Å². The van der Waals surface area contributed by atoms with Gasteiger partial charge in [-0.25, -0.2) is 14.6 Å². The van der Waals surface area contributed by atoms with Crippen molar-refractivity contribution in [2.24, 2.45) is 0 Å². The van der Waals surface area contributed by atoms with Crippen molar-refractivity contribution < 1.29 is 0 Å². The molecular formula is C15H22N4. The van der Waals surface area contributed by atoms with Crippen LogP contribution >= 0.6 is 0 Å². The van der Waals surface area contributed by atoms with Gasteiger partial charge in [0, 0.05) is 18.3 Å². The number of hydrogen-bond donors (Lipinski definition) is 0. The van der Waals surface area contributed by atoms with Crippen molar-refractivity contribution in [2.75, 3.05) is 0 Å². The van der Waals surface area contributed by atoms with Crippen LogP contribution in [0.1, 0.15) is 56.8 Å². The number of rotatable bonds is 6. The first kappa shape index (κ1) is 13.7. The molecule has 0 saturated carbocycles. The lowest BCUT2D eigenvalue weighted by Gasteiger charge is -2.16. The van der Waals surface area contributed by atoms with Gasteiger partial charge in [0.05, 0.1) is 11.4 Å². The number of hydrogen-bond acceptors (Lipinski definition) is 3. The summed E-state index contributed by atoms with van der Waals surface area (Å²) >= 11 is 0. The van der Waals surface area contributed by atoms with Crippen molar-refractivity contribution in [3.8, 4) is 5.95 Å². The molecule has 0 amide bonds. The van der Waals surface area contributed by atoms with E-state index in [0.29, 0.717) is 11.9 Å². The van der Waals surface area contributed by atoms with Crippen LogP contribution in [-0.2, 0) is 0 Å². The van der Waals surface area contributed by atoms with E-state index in [1.165, 1.54) is 31.4 Å². The van der Waals surface area contributed by atoms with Crippen molar-refractivity contribution in [1.82, 2.24) is 19.7 Å². The van der Waals surface area contributed by atoms with Gasteiger partial charge >= 0.3 is 0 Å². The maximum atomic E-state index is 4.56. The Morgan fingerprint density at radius 3 is 2.32 bits per heavy atom. The minimum atomic E-state index is 0.542. The van der Waals surface area contributed by atoms with Gasteiger partial charge in [-0.15, -0.1) is 0 Å². The van der Waals surface area contributed by atoms with Gasteiger partial charge < -0.3 is 0 Å². The third-order valence-electron chi connectivity index (χ3n) is 3.29. The predicted molar refractivity (Wildman–Crippen MR) is 76.4 cm³/mol. The van der Waals surface area contributed by atoms with Crippen molar-refractivity contribution in [1.29, 1.82) is 0 Å². The summed E-state index contributed by atoms with van der Waals surface area (Å²) in [5.74, 6) is 1.21. The second-order valence-electron chi connectivity index (χ2n) is 4.95. The highest BCUT2D eigenvalue weighted by Gasteiger charge is 2.18. The molecule has 0 aliphatic rings. The van der Waals surface area contributed by atoms with Crippen LogP contribution in [-0.4, -0.2) is 19.7 Å². The van der Waals surface area contributed by atoms with Gasteiger partial charge in [0.15, 0.2) is 0 Å². The molecule has 0 aliphatic heterocycles. The molecular weight excluding hydrogens is 236 g/mol. The highest BCUT2D eigenvalue weighted by molar-refractivity contribution is 5.22. The van der Waals surface area contributed by atoms with E-state index in [2.05, 4.69) is 35.0 Å². The summed E-state index contributed by atoms with van der Waals surface area (Å²) in [5, 5.41) is 4.56. The normalized spacial score (nSPS) is 11.2. The first-order valence-corrected chi connectivity index (χ1v) is 7.10. The van der Waals surface area contributed by atoms with Crippen LogP contribution < -0.4 is 0 Å². The molecule has 0 radical (unpaired) electrons. The summed E-state index contributed by atoms with van der Waals surface area (Å²) in [7, 11) is 0. The zero-order valence-electron chi connectivity index (χ0n) is 12.0. The largest absolute Gasteiger partial charge is 0.250 e. The molecule has 2 rings (SSSR count). The molecule has 4 heteroatoms. The van der Waals surface area contributed by atoms with E-state index in [4.69, 9.17) is 0 Å². The number of aromatic nitrogens is 4. The molecule has 2 heterocycles. The van der Waals surface area contributed by atoms with Crippen LogP contribution in [0.25, 0.3) is 5.95 Å². The van der Waals surface area contributed by atoms with Crippen LogP contribution in [0.3, 0.4) is 0 Å². The monoisotopic (exact) mass is 258 g/mol. The van der Waals surface area contributed by atoms with Gasteiger partial charge in [0.25, 0.3) is 5.95 Å². The van der Waals surface area contributed by atoms with Crippen molar-refractivity contribution in [3.05, 3.63) is 35.9 Å². The fourth-order valence-electron chi connectivity index (χ4n) is 2.51. The quantitative estimate of drug-likeness (QED) is 0.794. The minimum absolute atomic E-state index is 0.542. The molecule has 4 nitrogen and oxygen atoms in total. The maximum Gasteiger partial charge on any atom is 0.250 e. The lowest BCUT2D eigenvalue weighted by molar-refractivity contribution is 0.529. The Labute approximate surface area is 114 Å². The van der Waals surface area contributed by atoms with E-state index >= 15 is 0 Å². The summed E-state index contributed by atoms with van der Waals surface area (Å²) in [6, 6.07) is 4.00. The third-order valence-corrected chi connectivity index (χ3v) is 3.29. The molecule has 2 aromatic heterocycles. The van der Waals surface area contributed by atoms with E-state index in [1.54, 1.807) is 12.4 Å². The van der Waals surface area contributed by atoms with Crippen LogP contribution in [0.5, 0.6) is 0 Å². The highest BCUT2D eigenvalue weighted by Crippen LogP contribution is 2.28. The topological polar surface area (TPSA) is 43.6 Å². The van der Waals surface area contributed by atoms with Crippen LogP contribution in [0.4, 0.5) is 0 Å². The van der Waals surface area contributed by atoms with Gasteiger partial charge in [-0.1, -0.05) is 26.7 Å². The lowest BCUT2D eigenvalue weighted by Crippen LogP contribution is -2.10. The van der Waals surface area contributed by atoms with E-state index in [-0.39, 0.29) is 0 Å². The van der Waals surface area contributed by atoms with E-state index in [0.717, 1.165) is 5.69 Å². The summed E-state index contributed by atoms with van der Waals surface area (Å²) in [4.78, 5) is 8.63. The number of nitrogens with zero attached hydrogens (tertiary/aromatic N) is 4. The molecule has 0 bridgehead atoms. The maximum absolute atomic E-state index is 4.56. The molecule has 0 atom stereocenters. The average Bonchev–Trinajstić information content (AvgIpc) is 2.81. The standard InChI is InChI=1S/C15H22N4/c1-4-7-13(8-5-2)14-11-12(3)18-19(14)15-16-9-6-10-17-15/h6,9-11,13H,4-5,7-8H2,1-3H3. The van der Waals surface area contributed by atoms with Gasteiger partial charge in [-0.3, -0.25) is 0 Å². The molecule has 0 N–H and O–H groups in total. The van der Waals surface area contributed by atoms with Crippen molar-refractivity contribution in [2.45, 2.75) is 52.4 Å². The zero-order chi connectivity index (χ0) is 13.7. The molecule has 0 saturated heterocycles. The van der Waals surface area contributed by atoms with E-state index < -0.39 is 0 Å². The van der Waals surface area contributed by atoms with Gasteiger partial charge in [0.2, 0.25) is 0 Å². The third kappa shape index (κ3) is 3.19. The fraction of sp³-hybridized carbons (Fsp3) is 0.533. The predicted octanol–water partition coefficient (Wildman–Crippen LogP) is 3.65. The molecule has 0 spiro atoms. The van der Waals surface area contributed by atoms with Crippen molar-refractivity contribution >= 4 is 0 Å². The Morgan fingerprint density at radius 1 is 1.11 bits per heavy atom. The Kier molecular flexibility index (Phi) is 4.66. The first-order chi connectivity index (χ1) is 9.26. The van der Waals surface area contributed by atoms with Gasteiger partial charge in [-0.2, -0.15) is 5.10 Å². The molecule has 0 unspecified atom stereocenters. The smallest absolute Gasteiger partial charge is 0.220 e. The Bertz CT molecular complexity index is 498.